The Hall–Kier alpha value is -2.77. The number of hydrogen-bond donors (Lipinski definition) is 0. The van der Waals surface area contributed by atoms with E-state index in [2.05, 4.69) is 6.58 Å². The summed E-state index contributed by atoms with van der Waals surface area (Å²) < 4.78 is 28.8. The van der Waals surface area contributed by atoms with Gasteiger partial charge >= 0.3 is 5.97 Å². The first-order valence-corrected chi connectivity index (χ1v) is 9.38. The van der Waals surface area contributed by atoms with Gasteiger partial charge in [-0.05, 0) is 41.5 Å². The van der Waals surface area contributed by atoms with Gasteiger partial charge < -0.3 is 23.7 Å². The summed E-state index contributed by atoms with van der Waals surface area (Å²) >= 11 is 0. The van der Waals surface area contributed by atoms with Gasteiger partial charge in [0.2, 0.25) is 28.7 Å². The van der Waals surface area contributed by atoms with Gasteiger partial charge in [-0.25, -0.2) is 9.68 Å². The minimum Gasteiger partial charge on any atom is -0.487 e. The van der Waals surface area contributed by atoms with E-state index in [1.807, 2.05) is 20.8 Å². The molecule has 0 aliphatic heterocycles. The lowest BCUT2D eigenvalue weighted by Gasteiger charge is -2.23. The summed E-state index contributed by atoms with van der Waals surface area (Å²) in [5, 5.41) is 0. The van der Waals surface area contributed by atoms with Crippen molar-refractivity contribution in [2.45, 2.75) is 41.5 Å². The van der Waals surface area contributed by atoms with Crippen LogP contribution in [0.2, 0.25) is 0 Å². The van der Waals surface area contributed by atoms with Crippen LogP contribution in [0.3, 0.4) is 0 Å². The molecule has 0 aromatic heterocycles. The monoisotopic (exact) mass is 398 g/mol. The minimum absolute atomic E-state index is 0.0219. The molecule has 0 bridgehead atoms. The van der Waals surface area contributed by atoms with Gasteiger partial charge in [0.1, 0.15) is 0 Å². The molecule has 1 aromatic carbocycles. The molecule has 0 spiro atoms. The third-order valence-corrected chi connectivity index (χ3v) is 3.23. The Morgan fingerprint density at radius 2 is 0.929 bits per heavy atom. The molecule has 0 fully saturated rings. The molecule has 8 heteroatoms. The standard InChI is InChI=1S/C20H30O8/c1-8-22-14-15(23-9-2)17(25-11-4)19(27-28-20(21)13(6)7)18(26-12-5)16(14)24-10-3/h6,8-12H2,1-5,7H3. The second-order valence-corrected chi connectivity index (χ2v) is 5.37. The number of carbonyl (C=O) groups is 1. The molecule has 0 N–H and O–H groups in total. The molecule has 158 valence electrons. The lowest BCUT2D eigenvalue weighted by Crippen LogP contribution is -2.13. The molecule has 1 rings (SSSR count). The topological polar surface area (TPSA) is 81.7 Å². The van der Waals surface area contributed by atoms with Crippen LogP contribution in [0, 0.1) is 0 Å². The van der Waals surface area contributed by atoms with Gasteiger partial charge in [-0.1, -0.05) is 6.58 Å². The highest BCUT2D eigenvalue weighted by Crippen LogP contribution is 2.58. The molecule has 28 heavy (non-hydrogen) atoms. The normalized spacial score (nSPS) is 10.1. The summed E-state index contributed by atoms with van der Waals surface area (Å²) in [6.45, 7) is 15.8. The SMILES string of the molecule is C=C(C)C(=O)OOc1c(OCC)c(OCC)c(OCC)c(OCC)c1OCC. The van der Waals surface area contributed by atoms with Gasteiger partial charge in [0, 0.05) is 5.57 Å². The number of carbonyl (C=O) groups excluding carboxylic acids is 1. The van der Waals surface area contributed by atoms with E-state index in [0.29, 0.717) is 38.8 Å². The van der Waals surface area contributed by atoms with Crippen molar-refractivity contribution in [3.8, 4) is 34.5 Å². The highest BCUT2D eigenvalue weighted by atomic mass is 17.2. The predicted octanol–water partition coefficient (Wildman–Crippen LogP) is 4.09. The molecule has 0 radical (unpaired) electrons. The van der Waals surface area contributed by atoms with E-state index < -0.39 is 5.97 Å². The van der Waals surface area contributed by atoms with Crippen molar-refractivity contribution >= 4 is 5.97 Å². The van der Waals surface area contributed by atoms with E-state index >= 15 is 0 Å². The van der Waals surface area contributed by atoms with Crippen LogP contribution in [0.25, 0.3) is 0 Å². The molecule has 0 aliphatic carbocycles. The summed E-state index contributed by atoms with van der Waals surface area (Å²) in [5.41, 5.74) is 0.178. The Bertz CT molecular complexity index is 632. The zero-order valence-electron chi connectivity index (χ0n) is 17.5. The molecule has 8 nitrogen and oxygen atoms in total. The Kier molecular flexibility index (Phi) is 9.84. The second kappa shape index (κ2) is 11.8. The largest absolute Gasteiger partial charge is 0.487 e. The van der Waals surface area contributed by atoms with Crippen molar-refractivity contribution in [2.24, 2.45) is 0 Å². The maximum atomic E-state index is 11.8. The van der Waals surface area contributed by atoms with E-state index in [1.165, 1.54) is 6.92 Å². The molecule has 0 amide bonds. The Morgan fingerprint density at radius 3 is 1.18 bits per heavy atom. The molecular weight excluding hydrogens is 368 g/mol. The van der Waals surface area contributed by atoms with Gasteiger partial charge in [-0.2, -0.15) is 0 Å². The van der Waals surface area contributed by atoms with Gasteiger partial charge in [0.05, 0.1) is 33.0 Å². The smallest absolute Gasteiger partial charge is 0.381 e. The van der Waals surface area contributed by atoms with Crippen LogP contribution in [-0.4, -0.2) is 39.0 Å². The summed E-state index contributed by atoms with van der Waals surface area (Å²) in [4.78, 5) is 22.0. The molecule has 0 heterocycles. The lowest BCUT2D eigenvalue weighted by molar-refractivity contribution is -0.209. The van der Waals surface area contributed by atoms with Crippen LogP contribution in [-0.2, 0) is 9.68 Å². The van der Waals surface area contributed by atoms with E-state index in [4.69, 9.17) is 33.5 Å². The average molecular weight is 398 g/mol. The minimum atomic E-state index is -0.727. The van der Waals surface area contributed by atoms with Crippen molar-refractivity contribution in [3.63, 3.8) is 0 Å². The third-order valence-electron chi connectivity index (χ3n) is 3.23. The number of ether oxygens (including phenoxy) is 5. The van der Waals surface area contributed by atoms with Crippen molar-refractivity contribution in [1.29, 1.82) is 0 Å². The highest BCUT2D eigenvalue weighted by molar-refractivity contribution is 5.86. The van der Waals surface area contributed by atoms with E-state index in [0.717, 1.165) is 0 Å². The molecule has 0 unspecified atom stereocenters. The van der Waals surface area contributed by atoms with Crippen molar-refractivity contribution in [1.82, 2.24) is 0 Å². The first-order valence-electron chi connectivity index (χ1n) is 9.38. The zero-order chi connectivity index (χ0) is 21.1. The first kappa shape index (κ1) is 23.3. The fraction of sp³-hybridized carbons (Fsp3) is 0.550. The van der Waals surface area contributed by atoms with Crippen LogP contribution >= 0.6 is 0 Å². The summed E-state index contributed by atoms with van der Waals surface area (Å²) in [6.07, 6.45) is 0. The van der Waals surface area contributed by atoms with Crippen molar-refractivity contribution in [2.75, 3.05) is 33.0 Å². The summed E-state index contributed by atoms with van der Waals surface area (Å²) in [5.74, 6) is 0.558. The maximum Gasteiger partial charge on any atom is 0.381 e. The average Bonchev–Trinajstić information content (AvgIpc) is 2.66. The van der Waals surface area contributed by atoms with Crippen molar-refractivity contribution < 1.29 is 38.3 Å². The highest BCUT2D eigenvalue weighted by Gasteiger charge is 2.33. The quantitative estimate of drug-likeness (QED) is 0.279. The van der Waals surface area contributed by atoms with Crippen LogP contribution < -0.4 is 28.6 Å². The van der Waals surface area contributed by atoms with E-state index in [1.54, 1.807) is 13.8 Å². The Labute approximate surface area is 166 Å². The van der Waals surface area contributed by atoms with Gasteiger partial charge in [0.25, 0.3) is 5.75 Å². The molecule has 1 aromatic rings. The maximum absolute atomic E-state index is 11.8. The lowest BCUT2D eigenvalue weighted by atomic mass is 10.2. The van der Waals surface area contributed by atoms with Crippen molar-refractivity contribution in [3.05, 3.63) is 12.2 Å². The number of hydrogen-bond acceptors (Lipinski definition) is 8. The third kappa shape index (κ3) is 5.61. The summed E-state index contributed by atoms with van der Waals surface area (Å²) in [7, 11) is 0. The fourth-order valence-electron chi connectivity index (χ4n) is 2.22. The Balaban J connectivity index is 3.72. The van der Waals surface area contributed by atoms with Gasteiger partial charge in [0.15, 0.2) is 0 Å². The van der Waals surface area contributed by atoms with Crippen LogP contribution in [0.1, 0.15) is 41.5 Å². The molecule has 0 aliphatic rings. The fourth-order valence-corrected chi connectivity index (χ4v) is 2.22. The molecule has 0 atom stereocenters. The predicted molar refractivity (Wildman–Crippen MR) is 104 cm³/mol. The second-order valence-electron chi connectivity index (χ2n) is 5.37. The van der Waals surface area contributed by atoms with E-state index in [-0.39, 0.29) is 34.3 Å². The first-order chi connectivity index (χ1) is 13.5. The zero-order valence-corrected chi connectivity index (χ0v) is 17.5. The molecular formula is C20H30O8. The number of rotatable bonds is 13. The van der Waals surface area contributed by atoms with Crippen LogP contribution in [0.4, 0.5) is 0 Å². The van der Waals surface area contributed by atoms with E-state index in [9.17, 15) is 4.79 Å². The number of benzene rings is 1. The molecule has 0 saturated carbocycles. The molecule has 0 saturated heterocycles. The van der Waals surface area contributed by atoms with Crippen LogP contribution in [0.5, 0.6) is 34.5 Å². The van der Waals surface area contributed by atoms with Gasteiger partial charge in [-0.3, -0.25) is 4.89 Å². The Morgan fingerprint density at radius 1 is 0.643 bits per heavy atom. The van der Waals surface area contributed by atoms with Crippen LogP contribution in [0.15, 0.2) is 12.2 Å². The summed E-state index contributed by atoms with van der Waals surface area (Å²) in [6, 6.07) is 0. The van der Waals surface area contributed by atoms with Gasteiger partial charge in [-0.15, -0.1) is 0 Å².